The van der Waals surface area contributed by atoms with E-state index in [0.717, 1.165) is 18.7 Å². The number of rotatable bonds is 4. The Morgan fingerprint density at radius 2 is 2.39 bits per heavy atom. The van der Waals surface area contributed by atoms with Crippen LogP contribution in [-0.4, -0.2) is 24.2 Å². The molecule has 0 aromatic heterocycles. The molecule has 1 saturated heterocycles. The van der Waals surface area contributed by atoms with Gasteiger partial charge in [-0.3, -0.25) is 4.79 Å². The number of hydrogen-bond acceptors (Lipinski definition) is 3. The monoisotopic (exact) mass is 248 g/mol. The van der Waals surface area contributed by atoms with Crippen LogP contribution in [0.3, 0.4) is 0 Å². The molecule has 4 heteroatoms. The topological polar surface area (TPSA) is 75.4 Å². The quantitative estimate of drug-likeness (QED) is 0.757. The van der Waals surface area contributed by atoms with Gasteiger partial charge in [0.15, 0.2) is 0 Å². The molecule has 1 aromatic rings. The molecule has 1 aromatic carbocycles. The fourth-order valence-corrected chi connectivity index (χ4v) is 2.49. The highest BCUT2D eigenvalue weighted by atomic mass is 16.4. The van der Waals surface area contributed by atoms with Gasteiger partial charge in [-0.25, -0.2) is 0 Å². The zero-order chi connectivity index (χ0) is 13.0. The highest BCUT2D eigenvalue weighted by molar-refractivity contribution is 5.67. The van der Waals surface area contributed by atoms with Gasteiger partial charge in [-0.15, -0.1) is 0 Å². The highest BCUT2D eigenvalue weighted by Crippen LogP contribution is 2.25. The number of nitrogens with one attached hydrogen (secondary N) is 1. The average Bonchev–Trinajstić information content (AvgIpc) is 2.39. The van der Waals surface area contributed by atoms with Gasteiger partial charge in [0.25, 0.3) is 0 Å². The van der Waals surface area contributed by atoms with Crippen molar-refractivity contribution in [2.24, 2.45) is 5.73 Å². The molecule has 98 valence electrons. The highest BCUT2D eigenvalue weighted by Gasteiger charge is 2.17. The van der Waals surface area contributed by atoms with Gasteiger partial charge in [-0.1, -0.05) is 24.3 Å². The number of carbonyl (C=O) groups is 1. The largest absolute Gasteiger partial charge is 0.481 e. The van der Waals surface area contributed by atoms with E-state index in [-0.39, 0.29) is 6.42 Å². The maximum atomic E-state index is 10.7. The number of nitrogens with two attached hydrogens (primary N) is 1. The van der Waals surface area contributed by atoms with Crippen LogP contribution >= 0.6 is 0 Å². The molecule has 1 fully saturated rings. The van der Waals surface area contributed by atoms with Crippen LogP contribution in [0.2, 0.25) is 0 Å². The van der Waals surface area contributed by atoms with Crippen molar-refractivity contribution in [3.05, 3.63) is 35.4 Å². The summed E-state index contributed by atoms with van der Waals surface area (Å²) in [5.74, 6) is -0.331. The van der Waals surface area contributed by atoms with Crippen molar-refractivity contribution in [1.82, 2.24) is 5.32 Å². The summed E-state index contributed by atoms with van der Waals surface area (Å²) in [5, 5.41) is 12.2. The average molecular weight is 248 g/mol. The van der Waals surface area contributed by atoms with E-state index >= 15 is 0 Å². The third-order valence-corrected chi connectivity index (χ3v) is 3.50. The molecule has 1 aliphatic rings. The molecule has 1 heterocycles. The summed E-state index contributed by atoms with van der Waals surface area (Å²) in [5.41, 5.74) is 8.08. The third-order valence-electron chi connectivity index (χ3n) is 3.50. The van der Waals surface area contributed by atoms with Crippen LogP contribution in [0.25, 0.3) is 0 Å². The maximum absolute atomic E-state index is 10.7. The van der Waals surface area contributed by atoms with Crippen molar-refractivity contribution >= 4 is 5.97 Å². The molecule has 2 rings (SSSR count). The Balaban J connectivity index is 2.11. The van der Waals surface area contributed by atoms with Crippen molar-refractivity contribution in [2.45, 2.75) is 31.2 Å². The summed E-state index contributed by atoms with van der Waals surface area (Å²) in [4.78, 5) is 10.7. The van der Waals surface area contributed by atoms with Crippen molar-refractivity contribution in [3.63, 3.8) is 0 Å². The lowest BCUT2D eigenvalue weighted by Crippen LogP contribution is -2.28. The van der Waals surface area contributed by atoms with Crippen molar-refractivity contribution in [1.29, 1.82) is 0 Å². The Labute approximate surface area is 107 Å². The molecule has 18 heavy (non-hydrogen) atoms. The number of aliphatic carboxylic acids is 1. The lowest BCUT2D eigenvalue weighted by Gasteiger charge is -2.24. The Kier molecular flexibility index (Phi) is 4.33. The molecule has 0 bridgehead atoms. The first-order chi connectivity index (χ1) is 8.66. The number of carboxylic acid groups (broad SMARTS) is 1. The Bertz CT molecular complexity index is 414. The molecule has 0 saturated carbocycles. The van der Waals surface area contributed by atoms with E-state index in [9.17, 15) is 4.79 Å². The summed E-state index contributed by atoms with van der Waals surface area (Å²) in [7, 11) is 0. The van der Waals surface area contributed by atoms with Crippen LogP contribution < -0.4 is 11.1 Å². The normalized spacial score (nSPS) is 21.5. The van der Waals surface area contributed by atoms with E-state index < -0.39 is 12.0 Å². The van der Waals surface area contributed by atoms with Crippen molar-refractivity contribution in [2.75, 3.05) is 13.1 Å². The van der Waals surface area contributed by atoms with Crippen molar-refractivity contribution < 1.29 is 9.90 Å². The van der Waals surface area contributed by atoms with Gasteiger partial charge in [-0.05, 0) is 36.4 Å². The van der Waals surface area contributed by atoms with Gasteiger partial charge >= 0.3 is 5.97 Å². The fourth-order valence-electron chi connectivity index (χ4n) is 2.49. The molecule has 4 N–H and O–H groups in total. The zero-order valence-electron chi connectivity index (χ0n) is 10.4. The molecule has 0 radical (unpaired) electrons. The van der Waals surface area contributed by atoms with E-state index in [4.69, 9.17) is 10.8 Å². The third kappa shape index (κ3) is 3.31. The molecule has 1 aliphatic heterocycles. The van der Waals surface area contributed by atoms with Gasteiger partial charge in [0, 0.05) is 12.6 Å². The molecular weight excluding hydrogens is 228 g/mol. The SMILES string of the molecule is NC(CC(=O)O)c1cccc(C2CCCNC2)c1. The maximum Gasteiger partial charge on any atom is 0.305 e. The molecule has 0 amide bonds. The standard InChI is InChI=1S/C14H20N2O2/c15-13(8-14(17)18)11-4-1-3-10(7-11)12-5-2-6-16-9-12/h1,3-4,7,12-13,16H,2,5-6,8-9,15H2,(H,17,18). The summed E-state index contributed by atoms with van der Waals surface area (Å²) >= 11 is 0. The molecule has 2 atom stereocenters. The molecule has 2 unspecified atom stereocenters. The van der Waals surface area contributed by atoms with Crippen LogP contribution in [0, 0.1) is 0 Å². The lowest BCUT2D eigenvalue weighted by molar-refractivity contribution is -0.137. The molecule has 4 nitrogen and oxygen atoms in total. The predicted molar refractivity (Wildman–Crippen MR) is 70.5 cm³/mol. The summed E-state index contributed by atoms with van der Waals surface area (Å²) in [6.45, 7) is 2.09. The first-order valence-electron chi connectivity index (χ1n) is 6.45. The van der Waals surface area contributed by atoms with E-state index in [1.165, 1.54) is 18.4 Å². The lowest BCUT2D eigenvalue weighted by atomic mass is 9.89. The van der Waals surface area contributed by atoms with Crippen LogP contribution in [-0.2, 0) is 4.79 Å². The molecule has 0 aliphatic carbocycles. The number of piperidine rings is 1. The van der Waals surface area contributed by atoms with Crippen LogP contribution in [0.5, 0.6) is 0 Å². The minimum atomic E-state index is -0.854. The van der Waals surface area contributed by atoms with Gasteiger partial charge in [-0.2, -0.15) is 0 Å². The second kappa shape index (κ2) is 5.98. The second-order valence-electron chi connectivity index (χ2n) is 4.92. The Hall–Kier alpha value is -1.39. The van der Waals surface area contributed by atoms with Gasteiger partial charge in [0.05, 0.1) is 6.42 Å². The number of carboxylic acids is 1. The van der Waals surface area contributed by atoms with Crippen LogP contribution in [0.15, 0.2) is 24.3 Å². The predicted octanol–water partition coefficient (Wildman–Crippen LogP) is 1.63. The zero-order valence-corrected chi connectivity index (χ0v) is 10.4. The van der Waals surface area contributed by atoms with E-state index in [2.05, 4.69) is 17.4 Å². The van der Waals surface area contributed by atoms with Crippen LogP contribution in [0.4, 0.5) is 0 Å². The van der Waals surface area contributed by atoms with Gasteiger partial charge in [0.1, 0.15) is 0 Å². The van der Waals surface area contributed by atoms with Crippen molar-refractivity contribution in [3.8, 4) is 0 Å². The fraction of sp³-hybridized carbons (Fsp3) is 0.500. The van der Waals surface area contributed by atoms with Crippen LogP contribution in [0.1, 0.15) is 42.3 Å². The molecular formula is C14H20N2O2. The van der Waals surface area contributed by atoms with E-state index in [1.54, 1.807) is 0 Å². The minimum Gasteiger partial charge on any atom is -0.481 e. The first kappa shape index (κ1) is 13.1. The second-order valence-corrected chi connectivity index (χ2v) is 4.92. The summed E-state index contributed by atoms with van der Waals surface area (Å²) in [6, 6.07) is 7.63. The first-order valence-corrected chi connectivity index (χ1v) is 6.45. The number of hydrogen-bond donors (Lipinski definition) is 3. The Morgan fingerprint density at radius 3 is 3.06 bits per heavy atom. The van der Waals surface area contributed by atoms with Gasteiger partial charge < -0.3 is 16.2 Å². The summed E-state index contributed by atoms with van der Waals surface area (Å²) < 4.78 is 0. The summed E-state index contributed by atoms with van der Waals surface area (Å²) in [6.07, 6.45) is 2.35. The van der Waals surface area contributed by atoms with E-state index in [0.29, 0.717) is 5.92 Å². The molecule has 0 spiro atoms. The smallest absolute Gasteiger partial charge is 0.305 e. The number of benzene rings is 1. The van der Waals surface area contributed by atoms with E-state index in [1.807, 2.05) is 12.1 Å². The minimum absolute atomic E-state index is 0.0215. The van der Waals surface area contributed by atoms with Gasteiger partial charge in [0.2, 0.25) is 0 Å². The Morgan fingerprint density at radius 1 is 1.56 bits per heavy atom.